The molecule has 2 aliphatic rings. The van der Waals surface area contributed by atoms with E-state index in [4.69, 9.17) is 0 Å². The largest absolute Gasteiger partial charge is 0.396 e. The lowest BCUT2D eigenvalue weighted by Crippen LogP contribution is -2.48. The summed E-state index contributed by atoms with van der Waals surface area (Å²) in [5.74, 6) is 0.652. The van der Waals surface area contributed by atoms with E-state index in [1.807, 2.05) is 0 Å². The highest BCUT2D eigenvalue weighted by molar-refractivity contribution is 5.78. The Balaban J connectivity index is 1.85. The Labute approximate surface area is 123 Å². The first-order valence-corrected chi connectivity index (χ1v) is 8.37. The maximum atomic E-state index is 12.6. The summed E-state index contributed by atoms with van der Waals surface area (Å²) >= 11 is 0. The molecule has 1 heterocycles. The Hall–Kier alpha value is -0.610. The third-order valence-electron chi connectivity index (χ3n) is 4.90. The van der Waals surface area contributed by atoms with Crippen LogP contribution in [0.5, 0.6) is 0 Å². The lowest BCUT2D eigenvalue weighted by atomic mass is 9.94. The number of hydrogen-bond acceptors (Lipinski definition) is 3. The van der Waals surface area contributed by atoms with Gasteiger partial charge < -0.3 is 10.0 Å². The Bertz CT molecular complexity index is 303. The molecule has 1 aliphatic carbocycles. The van der Waals surface area contributed by atoms with E-state index in [-0.39, 0.29) is 12.5 Å². The third kappa shape index (κ3) is 4.19. The van der Waals surface area contributed by atoms with E-state index in [0.29, 0.717) is 18.5 Å². The van der Waals surface area contributed by atoms with Crippen molar-refractivity contribution in [3.8, 4) is 0 Å². The van der Waals surface area contributed by atoms with Gasteiger partial charge in [0.1, 0.15) is 0 Å². The molecule has 0 aromatic carbocycles. The number of carbonyl (C=O) groups excluding carboxylic acids is 1. The smallest absolute Gasteiger partial charge is 0.236 e. The summed E-state index contributed by atoms with van der Waals surface area (Å²) < 4.78 is 0. The highest BCUT2D eigenvalue weighted by Gasteiger charge is 2.27. The quantitative estimate of drug-likeness (QED) is 0.837. The van der Waals surface area contributed by atoms with E-state index < -0.39 is 0 Å². The molecule has 0 bridgehead atoms. The Morgan fingerprint density at radius 3 is 2.60 bits per heavy atom. The SMILES string of the molecule is CCN(C(=O)CN1CCCC(CO)C1)C1CCCCC1. The minimum Gasteiger partial charge on any atom is -0.396 e. The predicted molar refractivity (Wildman–Crippen MR) is 80.5 cm³/mol. The van der Waals surface area contributed by atoms with Gasteiger partial charge in [-0.2, -0.15) is 0 Å². The van der Waals surface area contributed by atoms with E-state index in [0.717, 1.165) is 32.5 Å². The molecule has 1 unspecified atom stereocenters. The third-order valence-corrected chi connectivity index (χ3v) is 4.90. The molecule has 0 spiro atoms. The summed E-state index contributed by atoms with van der Waals surface area (Å²) in [7, 11) is 0. The van der Waals surface area contributed by atoms with Gasteiger partial charge in [-0.25, -0.2) is 0 Å². The zero-order chi connectivity index (χ0) is 14.4. The molecule has 20 heavy (non-hydrogen) atoms. The molecular weight excluding hydrogens is 252 g/mol. The summed E-state index contributed by atoms with van der Waals surface area (Å²) in [4.78, 5) is 16.9. The van der Waals surface area contributed by atoms with Crippen molar-refractivity contribution in [1.29, 1.82) is 0 Å². The molecule has 0 aromatic heterocycles. The van der Waals surface area contributed by atoms with Crippen molar-refractivity contribution < 1.29 is 9.90 Å². The minimum atomic E-state index is 0.255. The van der Waals surface area contributed by atoms with Gasteiger partial charge in [0.25, 0.3) is 0 Å². The topological polar surface area (TPSA) is 43.8 Å². The molecule has 116 valence electrons. The number of nitrogens with zero attached hydrogens (tertiary/aromatic N) is 2. The van der Waals surface area contributed by atoms with Gasteiger partial charge in [-0.1, -0.05) is 19.3 Å². The van der Waals surface area contributed by atoms with Crippen LogP contribution >= 0.6 is 0 Å². The molecule has 1 amide bonds. The van der Waals surface area contributed by atoms with Gasteiger partial charge in [0.2, 0.25) is 5.91 Å². The highest BCUT2D eigenvalue weighted by atomic mass is 16.3. The van der Waals surface area contributed by atoms with E-state index in [1.54, 1.807) is 0 Å². The van der Waals surface area contributed by atoms with E-state index >= 15 is 0 Å². The monoisotopic (exact) mass is 282 g/mol. The van der Waals surface area contributed by atoms with Crippen LogP contribution in [0.2, 0.25) is 0 Å². The van der Waals surface area contributed by atoms with Crippen LogP contribution in [0.25, 0.3) is 0 Å². The van der Waals surface area contributed by atoms with Crippen LogP contribution in [0.1, 0.15) is 51.9 Å². The van der Waals surface area contributed by atoms with Gasteiger partial charge in [0, 0.05) is 25.7 Å². The number of likely N-dealkylation sites (tertiary alicyclic amines) is 1. The molecule has 2 fully saturated rings. The number of hydrogen-bond donors (Lipinski definition) is 1. The molecule has 0 radical (unpaired) electrons. The first-order chi connectivity index (χ1) is 9.74. The van der Waals surface area contributed by atoms with Crippen LogP contribution in [0, 0.1) is 5.92 Å². The number of amides is 1. The first kappa shape index (κ1) is 15.8. The number of piperidine rings is 1. The summed E-state index contributed by atoms with van der Waals surface area (Å²) in [6, 6.07) is 0.472. The first-order valence-electron chi connectivity index (χ1n) is 8.37. The van der Waals surface area contributed by atoms with Gasteiger partial charge in [0.05, 0.1) is 6.54 Å². The lowest BCUT2D eigenvalue weighted by molar-refractivity contribution is -0.135. The molecule has 1 atom stereocenters. The zero-order valence-electron chi connectivity index (χ0n) is 12.9. The standard InChI is InChI=1S/C16H30N2O2/c1-2-18(15-8-4-3-5-9-15)16(20)12-17-10-6-7-14(11-17)13-19/h14-15,19H,2-13H2,1H3. The highest BCUT2D eigenvalue weighted by Crippen LogP contribution is 2.23. The average molecular weight is 282 g/mol. The minimum absolute atomic E-state index is 0.255. The number of rotatable bonds is 5. The van der Waals surface area contributed by atoms with Gasteiger partial charge in [-0.15, -0.1) is 0 Å². The number of aliphatic hydroxyl groups is 1. The summed E-state index contributed by atoms with van der Waals surface area (Å²) in [6.07, 6.45) is 8.43. The Morgan fingerprint density at radius 2 is 1.95 bits per heavy atom. The normalized spacial score (nSPS) is 25.6. The van der Waals surface area contributed by atoms with Crippen LogP contribution in [-0.2, 0) is 4.79 Å². The second-order valence-electron chi connectivity index (χ2n) is 6.40. The van der Waals surface area contributed by atoms with Gasteiger partial charge in [-0.3, -0.25) is 9.69 Å². The van der Waals surface area contributed by atoms with Crippen LogP contribution in [0.15, 0.2) is 0 Å². The number of carbonyl (C=O) groups is 1. The van der Waals surface area contributed by atoms with Crippen molar-refractivity contribution in [3.05, 3.63) is 0 Å². The molecule has 1 N–H and O–H groups in total. The van der Waals surface area contributed by atoms with E-state index in [9.17, 15) is 9.90 Å². The second kappa shape index (κ2) is 7.99. The van der Waals surface area contributed by atoms with E-state index in [2.05, 4.69) is 16.7 Å². The Morgan fingerprint density at radius 1 is 1.20 bits per heavy atom. The van der Waals surface area contributed by atoms with Crippen LogP contribution in [0.3, 0.4) is 0 Å². The van der Waals surface area contributed by atoms with E-state index in [1.165, 1.54) is 32.1 Å². The molecule has 1 saturated heterocycles. The van der Waals surface area contributed by atoms with Crippen molar-refractivity contribution in [3.63, 3.8) is 0 Å². The van der Waals surface area contributed by atoms with Crippen molar-refractivity contribution in [2.45, 2.75) is 57.9 Å². The number of likely N-dealkylation sites (N-methyl/N-ethyl adjacent to an activating group) is 1. The molecule has 1 aliphatic heterocycles. The zero-order valence-corrected chi connectivity index (χ0v) is 12.9. The molecule has 2 rings (SSSR count). The second-order valence-corrected chi connectivity index (χ2v) is 6.40. The molecule has 1 saturated carbocycles. The molecule has 4 heteroatoms. The van der Waals surface area contributed by atoms with Crippen LogP contribution in [0.4, 0.5) is 0 Å². The summed E-state index contributed by atoms with van der Waals surface area (Å²) in [6.45, 7) is 5.61. The molecule has 0 aromatic rings. The summed E-state index contributed by atoms with van der Waals surface area (Å²) in [5, 5.41) is 9.28. The summed E-state index contributed by atoms with van der Waals surface area (Å²) in [5.41, 5.74) is 0. The average Bonchev–Trinajstić information content (AvgIpc) is 2.49. The fourth-order valence-corrected chi connectivity index (χ4v) is 3.76. The molecule has 4 nitrogen and oxygen atoms in total. The lowest BCUT2D eigenvalue weighted by Gasteiger charge is -2.37. The van der Waals surface area contributed by atoms with Crippen molar-refractivity contribution >= 4 is 5.91 Å². The molecular formula is C16H30N2O2. The van der Waals surface area contributed by atoms with Gasteiger partial charge >= 0.3 is 0 Å². The fraction of sp³-hybridized carbons (Fsp3) is 0.938. The maximum absolute atomic E-state index is 12.6. The predicted octanol–water partition coefficient (Wildman–Crippen LogP) is 1.87. The van der Waals surface area contributed by atoms with Crippen molar-refractivity contribution in [1.82, 2.24) is 9.80 Å². The van der Waals surface area contributed by atoms with Crippen molar-refractivity contribution in [2.75, 3.05) is 32.8 Å². The van der Waals surface area contributed by atoms with Crippen LogP contribution in [-0.4, -0.2) is 59.6 Å². The van der Waals surface area contributed by atoms with Gasteiger partial charge in [0.15, 0.2) is 0 Å². The Kier molecular flexibility index (Phi) is 6.30. The van der Waals surface area contributed by atoms with Gasteiger partial charge in [-0.05, 0) is 45.1 Å². The maximum Gasteiger partial charge on any atom is 0.236 e. The van der Waals surface area contributed by atoms with Crippen molar-refractivity contribution in [2.24, 2.45) is 5.92 Å². The fourth-order valence-electron chi connectivity index (χ4n) is 3.76. The van der Waals surface area contributed by atoms with Crippen LogP contribution < -0.4 is 0 Å². The number of aliphatic hydroxyl groups excluding tert-OH is 1.